The van der Waals surface area contributed by atoms with Crippen LogP contribution in [0.1, 0.15) is 64.3 Å². The average molecular weight is 566 g/mol. The molecule has 40 heavy (non-hydrogen) atoms. The van der Waals surface area contributed by atoms with Crippen molar-refractivity contribution in [1.29, 1.82) is 0 Å². The van der Waals surface area contributed by atoms with E-state index in [1.807, 2.05) is 12.1 Å². The summed E-state index contributed by atoms with van der Waals surface area (Å²) in [7, 11) is -3.48. The van der Waals surface area contributed by atoms with Crippen LogP contribution in [0.2, 0.25) is 0 Å². The smallest absolute Gasteiger partial charge is 0.243 e. The molecule has 2 aromatic carbocycles. The van der Waals surface area contributed by atoms with Gasteiger partial charge < -0.3 is 9.84 Å². The number of sulfonamides is 1. The highest BCUT2D eigenvalue weighted by Gasteiger charge is 2.28. The Morgan fingerprint density at radius 2 is 1.60 bits per heavy atom. The molecule has 3 aromatic rings. The summed E-state index contributed by atoms with van der Waals surface area (Å²) in [6, 6.07) is 14.8. The Kier molecular flexibility index (Phi) is 8.39. The maximum Gasteiger partial charge on any atom is 0.243 e. The van der Waals surface area contributed by atoms with E-state index in [0.717, 1.165) is 50.8 Å². The van der Waals surface area contributed by atoms with Crippen molar-refractivity contribution < 1.29 is 17.7 Å². The number of aromatic nitrogens is 2. The van der Waals surface area contributed by atoms with Crippen molar-refractivity contribution >= 4 is 21.6 Å². The molecule has 0 radical (unpaired) electrons. The van der Waals surface area contributed by atoms with Crippen molar-refractivity contribution in [2.24, 2.45) is 5.92 Å². The molecule has 2 saturated heterocycles. The minimum atomic E-state index is -3.48. The zero-order valence-corrected chi connectivity index (χ0v) is 24.4. The fourth-order valence-electron chi connectivity index (χ4n) is 5.31. The molecule has 1 N–H and O–H groups in total. The number of carbonyl (C=O) groups excluding carboxylic acids is 1. The second-order valence-corrected chi connectivity index (χ2v) is 13.8. The molecule has 214 valence electrons. The summed E-state index contributed by atoms with van der Waals surface area (Å²) >= 11 is 0. The highest BCUT2D eigenvalue weighted by molar-refractivity contribution is 7.89. The first-order valence-electron chi connectivity index (χ1n) is 14.2. The van der Waals surface area contributed by atoms with Crippen LogP contribution < -0.4 is 5.32 Å². The van der Waals surface area contributed by atoms with E-state index in [2.05, 4.69) is 53.3 Å². The maximum atomic E-state index is 12.9. The van der Waals surface area contributed by atoms with Gasteiger partial charge in [0.25, 0.3) is 0 Å². The first-order chi connectivity index (χ1) is 19.1. The van der Waals surface area contributed by atoms with Crippen LogP contribution in [0.15, 0.2) is 57.9 Å². The molecule has 0 atom stereocenters. The molecule has 1 aromatic heterocycles. The van der Waals surface area contributed by atoms with E-state index < -0.39 is 10.0 Å². The average Bonchev–Trinajstić information content (AvgIpc) is 3.42. The molecule has 0 unspecified atom stereocenters. The predicted molar refractivity (Wildman–Crippen MR) is 154 cm³/mol. The Labute approximate surface area is 237 Å². The van der Waals surface area contributed by atoms with Crippen LogP contribution in [0, 0.1) is 5.92 Å². The van der Waals surface area contributed by atoms with Crippen LogP contribution in [0.4, 0.5) is 5.69 Å². The van der Waals surface area contributed by atoms with Gasteiger partial charge in [0.15, 0.2) is 0 Å². The van der Waals surface area contributed by atoms with Gasteiger partial charge in [0.05, 0.1) is 11.4 Å². The third-order valence-electron chi connectivity index (χ3n) is 7.87. The molecular formula is C30H39N5O4S. The van der Waals surface area contributed by atoms with Crippen molar-refractivity contribution in [3.8, 4) is 11.4 Å². The normalized spacial score (nSPS) is 18.1. The molecule has 1 amide bonds. The van der Waals surface area contributed by atoms with Gasteiger partial charge in [0, 0.05) is 30.3 Å². The molecule has 10 heteroatoms. The molecule has 9 nitrogen and oxygen atoms in total. The lowest BCUT2D eigenvalue weighted by Crippen LogP contribution is -2.37. The molecule has 2 fully saturated rings. The van der Waals surface area contributed by atoms with E-state index in [0.29, 0.717) is 37.0 Å². The number of nitrogens with zero attached hydrogens (tertiary/aromatic N) is 4. The van der Waals surface area contributed by atoms with Gasteiger partial charge in [0.1, 0.15) is 0 Å². The molecule has 0 spiro atoms. The number of amides is 1. The fourth-order valence-corrected chi connectivity index (χ4v) is 6.83. The lowest BCUT2D eigenvalue weighted by Gasteiger charge is -2.30. The van der Waals surface area contributed by atoms with E-state index in [1.165, 1.54) is 5.56 Å². The van der Waals surface area contributed by atoms with E-state index in [4.69, 9.17) is 4.52 Å². The van der Waals surface area contributed by atoms with Gasteiger partial charge in [-0.05, 0) is 74.0 Å². The van der Waals surface area contributed by atoms with Crippen molar-refractivity contribution in [3.05, 3.63) is 60.0 Å². The maximum absolute atomic E-state index is 12.9. The van der Waals surface area contributed by atoms with Gasteiger partial charge in [0.2, 0.25) is 27.6 Å². The number of hydrogen-bond acceptors (Lipinski definition) is 7. The second kappa shape index (κ2) is 11.8. The van der Waals surface area contributed by atoms with Gasteiger partial charge in [-0.3, -0.25) is 9.69 Å². The van der Waals surface area contributed by atoms with Gasteiger partial charge in [-0.1, -0.05) is 56.6 Å². The van der Waals surface area contributed by atoms with E-state index in [1.54, 1.807) is 28.6 Å². The number of piperidine rings is 2. The minimum absolute atomic E-state index is 0.0370. The number of benzene rings is 2. The molecule has 0 aliphatic carbocycles. The highest BCUT2D eigenvalue weighted by atomic mass is 32.2. The summed E-state index contributed by atoms with van der Waals surface area (Å²) in [5, 5.41) is 7.13. The van der Waals surface area contributed by atoms with Gasteiger partial charge in [-0.25, -0.2) is 8.42 Å². The Balaban J connectivity index is 1.10. The zero-order chi connectivity index (χ0) is 28.3. The number of likely N-dealkylation sites (tertiary alicyclic amines) is 1. The predicted octanol–water partition coefficient (Wildman–Crippen LogP) is 5.06. The summed E-state index contributed by atoms with van der Waals surface area (Å²) in [6.07, 6.45) is 4.31. The standard InChI is InChI=1S/C30H39N5O4S/c1-30(2,3)24-9-7-22(8-10-24)28-32-27(39-33-28)21-34-19-15-23(16-20-34)29(36)31-25-11-13-26(14-12-25)40(37,38)35-17-5-4-6-18-35/h7-14,23H,4-6,15-21H2,1-3H3,(H,31,36). The van der Waals surface area contributed by atoms with Crippen molar-refractivity contribution in [3.63, 3.8) is 0 Å². The van der Waals surface area contributed by atoms with Crippen molar-refractivity contribution in [1.82, 2.24) is 19.3 Å². The number of rotatable bonds is 7. The third kappa shape index (κ3) is 6.62. The fraction of sp³-hybridized carbons (Fsp3) is 0.500. The van der Waals surface area contributed by atoms with Gasteiger partial charge in [-0.15, -0.1) is 0 Å². The summed E-state index contributed by atoms with van der Waals surface area (Å²) in [5.41, 5.74) is 2.88. The van der Waals surface area contributed by atoms with Crippen molar-refractivity contribution in [2.75, 3.05) is 31.5 Å². The Bertz CT molecular complexity index is 1400. The Morgan fingerprint density at radius 3 is 2.23 bits per heavy atom. The quantitative estimate of drug-likeness (QED) is 0.427. The van der Waals surface area contributed by atoms with Gasteiger partial charge in [-0.2, -0.15) is 9.29 Å². The minimum Gasteiger partial charge on any atom is -0.338 e. The SMILES string of the molecule is CC(C)(C)c1ccc(-c2noc(CN3CCC(C(=O)Nc4ccc(S(=O)(=O)N5CCCCC5)cc4)CC3)n2)cc1. The van der Waals surface area contributed by atoms with Crippen LogP contribution in [0.3, 0.4) is 0 Å². The number of hydrogen-bond donors (Lipinski definition) is 1. The molecule has 2 aliphatic heterocycles. The summed E-state index contributed by atoms with van der Waals surface area (Å²) in [6.45, 7) is 9.75. The molecular weight excluding hydrogens is 526 g/mol. The largest absolute Gasteiger partial charge is 0.338 e. The first kappa shape index (κ1) is 28.4. The van der Waals surface area contributed by atoms with Crippen LogP contribution in [-0.2, 0) is 26.8 Å². The lowest BCUT2D eigenvalue weighted by molar-refractivity contribution is -0.121. The molecule has 3 heterocycles. The van der Waals surface area contributed by atoms with E-state index in [-0.39, 0.29) is 22.1 Å². The van der Waals surface area contributed by atoms with Crippen LogP contribution in [0.5, 0.6) is 0 Å². The lowest BCUT2D eigenvalue weighted by atomic mass is 9.87. The topological polar surface area (TPSA) is 109 Å². The number of carbonyl (C=O) groups is 1. The number of anilines is 1. The van der Waals surface area contributed by atoms with Gasteiger partial charge >= 0.3 is 0 Å². The van der Waals surface area contributed by atoms with Crippen LogP contribution in [0.25, 0.3) is 11.4 Å². The summed E-state index contributed by atoms with van der Waals surface area (Å²) < 4.78 is 32.8. The summed E-state index contributed by atoms with van der Waals surface area (Å²) in [4.78, 5) is 20.0. The molecule has 0 saturated carbocycles. The number of nitrogens with one attached hydrogen (secondary N) is 1. The Hall–Kier alpha value is -3.08. The Morgan fingerprint density at radius 1 is 0.950 bits per heavy atom. The van der Waals surface area contributed by atoms with Crippen LogP contribution >= 0.6 is 0 Å². The van der Waals surface area contributed by atoms with Crippen molar-refractivity contribution in [2.45, 2.75) is 69.7 Å². The second-order valence-electron chi connectivity index (χ2n) is 11.9. The van der Waals surface area contributed by atoms with Crippen LogP contribution in [-0.4, -0.2) is 59.8 Å². The van der Waals surface area contributed by atoms with E-state index in [9.17, 15) is 13.2 Å². The third-order valence-corrected chi connectivity index (χ3v) is 9.78. The summed E-state index contributed by atoms with van der Waals surface area (Å²) in [5.74, 6) is 1.01. The molecule has 5 rings (SSSR count). The first-order valence-corrected chi connectivity index (χ1v) is 15.6. The molecule has 0 bridgehead atoms. The van der Waals surface area contributed by atoms with E-state index >= 15 is 0 Å². The monoisotopic (exact) mass is 565 g/mol. The highest BCUT2D eigenvalue weighted by Crippen LogP contribution is 2.26. The molecule has 2 aliphatic rings. The zero-order valence-electron chi connectivity index (χ0n) is 23.6.